The monoisotopic (exact) mass is 438 g/mol. The number of hydrogen-bond acceptors (Lipinski definition) is 8. The minimum Gasteiger partial charge on any atom is -0.382 e. The lowest BCUT2D eigenvalue weighted by molar-refractivity contribution is 0.103. The molecule has 31 heavy (non-hydrogen) atoms. The molecule has 1 aromatic carbocycles. The van der Waals surface area contributed by atoms with Crippen LogP contribution in [0.1, 0.15) is 16.1 Å². The Morgan fingerprint density at radius 1 is 1.06 bits per heavy atom. The van der Waals surface area contributed by atoms with Crippen LogP contribution >= 0.6 is 0 Å². The fraction of sp³-hybridized carbons (Fsp3) is 0.238. The van der Waals surface area contributed by atoms with Crippen LogP contribution in [0.25, 0.3) is 11.3 Å². The molecule has 3 heterocycles. The van der Waals surface area contributed by atoms with Crippen LogP contribution in [0, 0.1) is 0 Å². The molecular weight excluding hydrogens is 416 g/mol. The number of ketones is 1. The van der Waals surface area contributed by atoms with Crippen molar-refractivity contribution < 1.29 is 13.2 Å². The standard InChI is InChI=1S/C21H22N6O3S/c1-26-8-10-27(11-9-26)31(29,30)17-6-2-4-15(12-17)18-14-24-21(22)19(25-18)20(28)16-5-3-7-23-13-16/h2-7,12-14H,8-11H2,1H3,(H2,22,24). The lowest BCUT2D eigenvalue weighted by Crippen LogP contribution is -2.47. The lowest BCUT2D eigenvalue weighted by Gasteiger charge is -2.31. The molecule has 0 bridgehead atoms. The van der Waals surface area contributed by atoms with Gasteiger partial charge >= 0.3 is 0 Å². The molecule has 0 saturated carbocycles. The Labute approximate surface area is 180 Å². The number of sulfonamides is 1. The summed E-state index contributed by atoms with van der Waals surface area (Å²) in [5, 5.41) is 0. The highest BCUT2D eigenvalue weighted by Gasteiger charge is 2.28. The fourth-order valence-corrected chi connectivity index (χ4v) is 4.80. The second-order valence-corrected chi connectivity index (χ2v) is 9.23. The average Bonchev–Trinajstić information content (AvgIpc) is 2.80. The van der Waals surface area contributed by atoms with Gasteiger partial charge in [0.05, 0.1) is 16.8 Å². The number of nitrogens with two attached hydrogens (primary N) is 1. The molecule has 2 aromatic heterocycles. The summed E-state index contributed by atoms with van der Waals surface area (Å²) in [7, 11) is -1.67. The van der Waals surface area contributed by atoms with Crippen LogP contribution in [0.4, 0.5) is 5.82 Å². The number of anilines is 1. The number of nitrogens with zero attached hydrogens (tertiary/aromatic N) is 5. The van der Waals surface area contributed by atoms with Crippen molar-refractivity contribution in [2.45, 2.75) is 4.90 Å². The van der Waals surface area contributed by atoms with Gasteiger partial charge in [-0.25, -0.2) is 18.4 Å². The first-order chi connectivity index (χ1) is 14.9. The third-order valence-corrected chi connectivity index (χ3v) is 7.06. The molecular formula is C21H22N6O3S. The van der Waals surface area contributed by atoms with Crippen molar-refractivity contribution in [3.63, 3.8) is 0 Å². The van der Waals surface area contributed by atoms with Gasteiger partial charge in [-0.2, -0.15) is 4.31 Å². The van der Waals surface area contributed by atoms with Crippen molar-refractivity contribution in [2.24, 2.45) is 0 Å². The van der Waals surface area contributed by atoms with E-state index in [1.165, 1.54) is 16.7 Å². The van der Waals surface area contributed by atoms with Gasteiger partial charge in [-0.15, -0.1) is 0 Å². The van der Waals surface area contributed by atoms with Crippen LogP contribution in [-0.4, -0.2) is 71.6 Å². The molecule has 1 aliphatic rings. The van der Waals surface area contributed by atoms with Crippen molar-refractivity contribution in [3.05, 3.63) is 66.2 Å². The highest BCUT2D eigenvalue weighted by molar-refractivity contribution is 7.89. The molecule has 160 valence electrons. The van der Waals surface area contributed by atoms with E-state index in [2.05, 4.69) is 19.9 Å². The Kier molecular flexibility index (Phi) is 5.77. The van der Waals surface area contributed by atoms with Gasteiger partial charge in [-0.1, -0.05) is 12.1 Å². The number of pyridine rings is 1. The highest BCUT2D eigenvalue weighted by atomic mass is 32.2. The SMILES string of the molecule is CN1CCN(S(=O)(=O)c2cccc(-c3cnc(N)c(C(=O)c4cccnc4)n3)c2)CC1. The summed E-state index contributed by atoms with van der Waals surface area (Å²) in [5.74, 6) is -0.403. The van der Waals surface area contributed by atoms with E-state index in [4.69, 9.17) is 5.73 Å². The summed E-state index contributed by atoms with van der Waals surface area (Å²) in [5.41, 5.74) is 7.12. The van der Waals surface area contributed by atoms with Crippen LogP contribution in [0.2, 0.25) is 0 Å². The zero-order valence-electron chi connectivity index (χ0n) is 17.0. The lowest BCUT2D eigenvalue weighted by atomic mass is 10.1. The average molecular weight is 439 g/mol. The van der Waals surface area contributed by atoms with E-state index in [1.54, 1.807) is 42.6 Å². The van der Waals surface area contributed by atoms with E-state index in [0.29, 0.717) is 43.0 Å². The number of likely N-dealkylation sites (N-methyl/N-ethyl adjacent to an activating group) is 1. The molecule has 0 spiro atoms. The smallest absolute Gasteiger partial charge is 0.243 e. The largest absolute Gasteiger partial charge is 0.382 e. The first-order valence-electron chi connectivity index (χ1n) is 9.72. The Morgan fingerprint density at radius 3 is 2.55 bits per heavy atom. The molecule has 4 rings (SSSR count). The van der Waals surface area contributed by atoms with Gasteiger partial charge < -0.3 is 10.6 Å². The summed E-state index contributed by atoms with van der Waals surface area (Å²) in [6, 6.07) is 9.75. The number of nitrogen functional groups attached to an aromatic ring is 1. The first kappa shape index (κ1) is 21.0. The molecule has 1 fully saturated rings. The minimum atomic E-state index is -3.63. The number of aromatic nitrogens is 3. The van der Waals surface area contributed by atoms with E-state index >= 15 is 0 Å². The van der Waals surface area contributed by atoms with Crippen LogP contribution in [0.3, 0.4) is 0 Å². The summed E-state index contributed by atoms with van der Waals surface area (Å²) in [4.78, 5) is 27.5. The van der Waals surface area contributed by atoms with Gasteiger partial charge in [0.15, 0.2) is 11.5 Å². The molecule has 0 unspecified atom stereocenters. The Morgan fingerprint density at radius 2 is 1.84 bits per heavy atom. The van der Waals surface area contributed by atoms with Gasteiger partial charge in [0.25, 0.3) is 0 Å². The number of rotatable bonds is 5. The molecule has 1 saturated heterocycles. The fourth-order valence-electron chi connectivity index (χ4n) is 3.33. The Balaban J connectivity index is 1.68. The topological polar surface area (TPSA) is 122 Å². The van der Waals surface area contributed by atoms with E-state index < -0.39 is 15.8 Å². The third-order valence-electron chi connectivity index (χ3n) is 5.17. The summed E-state index contributed by atoms with van der Waals surface area (Å²) in [6.45, 7) is 2.24. The zero-order valence-corrected chi connectivity index (χ0v) is 17.8. The third kappa shape index (κ3) is 4.31. The molecule has 0 aliphatic carbocycles. The van der Waals surface area contributed by atoms with E-state index in [0.717, 1.165) is 0 Å². The van der Waals surface area contributed by atoms with E-state index in [1.807, 2.05) is 7.05 Å². The molecule has 0 atom stereocenters. The number of carbonyl (C=O) groups is 1. The summed E-state index contributed by atoms with van der Waals surface area (Å²) in [6.07, 6.45) is 4.42. The number of piperazine rings is 1. The maximum atomic E-state index is 13.1. The van der Waals surface area contributed by atoms with E-state index in [9.17, 15) is 13.2 Å². The van der Waals surface area contributed by atoms with Gasteiger partial charge in [-0.05, 0) is 31.3 Å². The number of benzene rings is 1. The normalized spacial score (nSPS) is 15.6. The van der Waals surface area contributed by atoms with Crippen molar-refractivity contribution in [2.75, 3.05) is 39.0 Å². The number of carbonyl (C=O) groups excluding carboxylic acids is 1. The highest BCUT2D eigenvalue weighted by Crippen LogP contribution is 2.25. The molecule has 3 aromatic rings. The second-order valence-electron chi connectivity index (χ2n) is 7.30. The quantitative estimate of drug-likeness (QED) is 0.591. The Bertz CT molecular complexity index is 1210. The van der Waals surface area contributed by atoms with Crippen molar-refractivity contribution in [1.29, 1.82) is 0 Å². The Hall–Kier alpha value is -3.21. The van der Waals surface area contributed by atoms with Crippen LogP contribution in [0.5, 0.6) is 0 Å². The van der Waals surface area contributed by atoms with Crippen LogP contribution in [0.15, 0.2) is 59.9 Å². The second kappa shape index (κ2) is 8.50. The van der Waals surface area contributed by atoms with Gasteiger partial charge in [0, 0.05) is 49.7 Å². The van der Waals surface area contributed by atoms with Crippen LogP contribution < -0.4 is 5.73 Å². The van der Waals surface area contributed by atoms with Crippen molar-refractivity contribution >= 4 is 21.6 Å². The predicted octanol–water partition coefficient (Wildman–Crippen LogP) is 1.29. The predicted molar refractivity (Wildman–Crippen MR) is 116 cm³/mol. The minimum absolute atomic E-state index is 0.00110. The van der Waals surface area contributed by atoms with Crippen molar-refractivity contribution in [1.82, 2.24) is 24.2 Å². The van der Waals surface area contributed by atoms with Gasteiger partial charge in [0.2, 0.25) is 15.8 Å². The maximum absolute atomic E-state index is 13.1. The first-order valence-corrected chi connectivity index (χ1v) is 11.2. The molecule has 9 nitrogen and oxygen atoms in total. The van der Waals surface area contributed by atoms with Crippen molar-refractivity contribution in [3.8, 4) is 11.3 Å². The van der Waals surface area contributed by atoms with E-state index in [-0.39, 0.29) is 16.4 Å². The zero-order chi connectivity index (χ0) is 22.0. The number of hydrogen-bond donors (Lipinski definition) is 1. The molecule has 0 radical (unpaired) electrons. The molecule has 0 amide bonds. The molecule has 10 heteroatoms. The van der Waals surface area contributed by atoms with Gasteiger partial charge in [-0.3, -0.25) is 9.78 Å². The van der Waals surface area contributed by atoms with Gasteiger partial charge in [0.1, 0.15) is 0 Å². The summed E-state index contributed by atoms with van der Waals surface area (Å²) >= 11 is 0. The summed E-state index contributed by atoms with van der Waals surface area (Å²) < 4.78 is 27.6. The molecule has 1 aliphatic heterocycles. The molecule has 2 N–H and O–H groups in total. The maximum Gasteiger partial charge on any atom is 0.243 e. The van der Waals surface area contributed by atoms with Crippen LogP contribution in [-0.2, 0) is 10.0 Å².